The van der Waals surface area contributed by atoms with E-state index >= 15 is 0 Å². The molecule has 1 atom stereocenters. The largest absolute Gasteiger partial charge is 0.394 e. The molecular formula is C19H30N2O2. The van der Waals surface area contributed by atoms with E-state index in [1.807, 2.05) is 19.1 Å². The van der Waals surface area contributed by atoms with Crippen LogP contribution in [0, 0.1) is 12.3 Å². The number of aliphatic hydroxyl groups excluding tert-OH is 1. The molecule has 0 aromatic heterocycles. The molecule has 1 fully saturated rings. The standard InChI is InChI=1S/C19H30N2O2/c1-14-7-8-17(21-9-5-6-10-21)16(11-14)18(23)20-15(13-22)12-19(2,3)4/h7-8,11,15,22H,5-6,9-10,12-13H2,1-4H3,(H,20,23). The monoisotopic (exact) mass is 318 g/mol. The average Bonchev–Trinajstić information content (AvgIpc) is 2.99. The average molecular weight is 318 g/mol. The van der Waals surface area contributed by atoms with E-state index in [0.29, 0.717) is 0 Å². The number of hydrogen-bond acceptors (Lipinski definition) is 3. The molecule has 2 rings (SSSR count). The molecule has 1 aromatic carbocycles. The maximum absolute atomic E-state index is 12.8. The summed E-state index contributed by atoms with van der Waals surface area (Å²) in [7, 11) is 0. The molecule has 23 heavy (non-hydrogen) atoms. The molecule has 1 aliphatic rings. The smallest absolute Gasteiger partial charge is 0.253 e. The van der Waals surface area contributed by atoms with Gasteiger partial charge in [0.25, 0.3) is 5.91 Å². The molecule has 4 heteroatoms. The first-order chi connectivity index (χ1) is 10.8. The molecule has 0 radical (unpaired) electrons. The Hall–Kier alpha value is -1.55. The van der Waals surface area contributed by atoms with E-state index in [1.54, 1.807) is 0 Å². The van der Waals surface area contributed by atoms with E-state index in [9.17, 15) is 9.90 Å². The first kappa shape index (κ1) is 17.8. The summed E-state index contributed by atoms with van der Waals surface area (Å²) in [4.78, 5) is 15.1. The fraction of sp³-hybridized carbons (Fsp3) is 0.632. The summed E-state index contributed by atoms with van der Waals surface area (Å²) in [6, 6.07) is 5.85. The Balaban J connectivity index is 2.18. The maximum Gasteiger partial charge on any atom is 0.253 e. The lowest BCUT2D eigenvalue weighted by Gasteiger charge is -2.27. The van der Waals surface area contributed by atoms with E-state index < -0.39 is 0 Å². The quantitative estimate of drug-likeness (QED) is 0.877. The van der Waals surface area contributed by atoms with Crippen LogP contribution in [-0.4, -0.2) is 36.8 Å². The van der Waals surface area contributed by atoms with Crippen LogP contribution in [0.1, 0.15) is 56.0 Å². The number of nitrogens with one attached hydrogen (secondary N) is 1. The first-order valence-electron chi connectivity index (χ1n) is 8.57. The van der Waals surface area contributed by atoms with E-state index in [4.69, 9.17) is 0 Å². The molecule has 0 aliphatic carbocycles. The topological polar surface area (TPSA) is 52.6 Å². The predicted octanol–water partition coefficient (Wildman–Crippen LogP) is 3.12. The van der Waals surface area contributed by atoms with Crippen molar-refractivity contribution in [3.63, 3.8) is 0 Å². The normalized spacial score (nSPS) is 16.5. The molecule has 1 aromatic rings. The van der Waals surface area contributed by atoms with Crippen LogP contribution in [0.4, 0.5) is 5.69 Å². The maximum atomic E-state index is 12.8. The SMILES string of the molecule is Cc1ccc(N2CCCC2)c(C(=O)NC(CO)CC(C)(C)C)c1. The van der Waals surface area contributed by atoms with Gasteiger partial charge in [-0.1, -0.05) is 32.4 Å². The fourth-order valence-electron chi connectivity index (χ4n) is 3.23. The third-order valence-electron chi connectivity index (χ3n) is 4.26. The minimum Gasteiger partial charge on any atom is -0.394 e. The molecule has 1 amide bonds. The van der Waals surface area contributed by atoms with Crippen molar-refractivity contribution in [2.75, 3.05) is 24.6 Å². The lowest BCUT2D eigenvalue weighted by atomic mass is 9.88. The Morgan fingerprint density at radius 1 is 1.30 bits per heavy atom. The van der Waals surface area contributed by atoms with Crippen LogP contribution in [0.25, 0.3) is 0 Å². The molecular weight excluding hydrogens is 288 g/mol. The van der Waals surface area contributed by atoms with Gasteiger partial charge in [-0.2, -0.15) is 0 Å². The number of hydrogen-bond donors (Lipinski definition) is 2. The van der Waals surface area contributed by atoms with E-state index in [0.717, 1.165) is 36.3 Å². The first-order valence-corrected chi connectivity index (χ1v) is 8.57. The number of benzene rings is 1. The molecule has 2 N–H and O–H groups in total. The van der Waals surface area contributed by atoms with Gasteiger partial charge in [0.2, 0.25) is 0 Å². The Labute approximate surface area is 139 Å². The molecule has 1 heterocycles. The molecule has 0 spiro atoms. The van der Waals surface area contributed by atoms with Crippen molar-refractivity contribution in [2.45, 2.75) is 53.0 Å². The second-order valence-corrected chi connectivity index (χ2v) is 7.83. The van der Waals surface area contributed by atoms with Gasteiger partial charge in [0.05, 0.1) is 18.2 Å². The number of carbonyl (C=O) groups excluding carboxylic acids is 1. The highest BCUT2D eigenvalue weighted by Crippen LogP contribution is 2.26. The van der Waals surface area contributed by atoms with Crippen molar-refractivity contribution in [1.29, 1.82) is 0 Å². The summed E-state index contributed by atoms with van der Waals surface area (Å²) >= 11 is 0. The third kappa shape index (κ3) is 4.96. The van der Waals surface area contributed by atoms with Gasteiger partial charge in [-0.3, -0.25) is 4.79 Å². The highest BCUT2D eigenvalue weighted by atomic mass is 16.3. The highest BCUT2D eigenvalue weighted by molar-refractivity contribution is 6.00. The molecule has 1 saturated heterocycles. The van der Waals surface area contributed by atoms with Gasteiger partial charge in [0.1, 0.15) is 0 Å². The van der Waals surface area contributed by atoms with Gasteiger partial charge in [-0.15, -0.1) is 0 Å². The van der Waals surface area contributed by atoms with Crippen molar-refractivity contribution in [1.82, 2.24) is 5.32 Å². The fourth-order valence-corrected chi connectivity index (χ4v) is 3.23. The Morgan fingerprint density at radius 2 is 1.96 bits per heavy atom. The summed E-state index contributed by atoms with van der Waals surface area (Å²) < 4.78 is 0. The number of carbonyl (C=O) groups is 1. The van der Waals surface area contributed by atoms with E-state index in [-0.39, 0.29) is 24.0 Å². The molecule has 4 nitrogen and oxygen atoms in total. The van der Waals surface area contributed by atoms with Crippen molar-refractivity contribution >= 4 is 11.6 Å². The number of anilines is 1. The number of nitrogens with zero attached hydrogens (tertiary/aromatic N) is 1. The summed E-state index contributed by atoms with van der Waals surface area (Å²) in [5.74, 6) is -0.0844. The van der Waals surface area contributed by atoms with Crippen LogP contribution in [0.2, 0.25) is 0 Å². The van der Waals surface area contributed by atoms with Crippen LogP contribution < -0.4 is 10.2 Å². The zero-order chi connectivity index (χ0) is 17.0. The zero-order valence-corrected chi connectivity index (χ0v) is 14.9. The number of rotatable bonds is 5. The predicted molar refractivity (Wildman–Crippen MR) is 95.0 cm³/mol. The lowest BCUT2D eigenvalue weighted by molar-refractivity contribution is 0.0898. The molecule has 1 unspecified atom stereocenters. The molecule has 0 bridgehead atoms. The number of aliphatic hydroxyl groups is 1. The van der Waals surface area contributed by atoms with Crippen LogP contribution in [-0.2, 0) is 0 Å². The Morgan fingerprint density at radius 3 is 2.52 bits per heavy atom. The highest BCUT2D eigenvalue weighted by Gasteiger charge is 2.23. The van der Waals surface area contributed by atoms with Gasteiger partial charge >= 0.3 is 0 Å². The summed E-state index contributed by atoms with van der Waals surface area (Å²) in [5, 5.41) is 12.6. The van der Waals surface area contributed by atoms with Gasteiger partial charge in [-0.25, -0.2) is 0 Å². The second-order valence-electron chi connectivity index (χ2n) is 7.83. The molecule has 1 aliphatic heterocycles. The van der Waals surface area contributed by atoms with Crippen molar-refractivity contribution in [3.05, 3.63) is 29.3 Å². The van der Waals surface area contributed by atoms with Gasteiger partial charge in [0, 0.05) is 18.8 Å². The zero-order valence-electron chi connectivity index (χ0n) is 14.9. The summed E-state index contributed by atoms with van der Waals surface area (Å²) in [6.45, 7) is 10.3. The van der Waals surface area contributed by atoms with Crippen molar-refractivity contribution in [3.8, 4) is 0 Å². The van der Waals surface area contributed by atoms with Gasteiger partial charge in [-0.05, 0) is 43.7 Å². The van der Waals surface area contributed by atoms with Crippen LogP contribution in [0.15, 0.2) is 18.2 Å². The summed E-state index contributed by atoms with van der Waals surface area (Å²) in [5.41, 5.74) is 2.87. The van der Waals surface area contributed by atoms with Crippen molar-refractivity contribution < 1.29 is 9.90 Å². The lowest BCUT2D eigenvalue weighted by Crippen LogP contribution is -2.40. The van der Waals surface area contributed by atoms with Crippen LogP contribution >= 0.6 is 0 Å². The molecule has 128 valence electrons. The summed E-state index contributed by atoms with van der Waals surface area (Å²) in [6.07, 6.45) is 3.11. The third-order valence-corrected chi connectivity index (χ3v) is 4.26. The van der Waals surface area contributed by atoms with Crippen molar-refractivity contribution in [2.24, 2.45) is 5.41 Å². The second kappa shape index (κ2) is 7.35. The number of aryl methyl sites for hydroxylation is 1. The Kier molecular flexibility index (Phi) is 5.69. The van der Waals surface area contributed by atoms with E-state index in [2.05, 4.69) is 37.1 Å². The van der Waals surface area contributed by atoms with Crippen LogP contribution in [0.5, 0.6) is 0 Å². The number of amides is 1. The minimum absolute atomic E-state index is 0.0339. The Bertz CT molecular complexity index is 543. The van der Waals surface area contributed by atoms with E-state index in [1.165, 1.54) is 12.8 Å². The minimum atomic E-state index is -0.213. The van der Waals surface area contributed by atoms with Gasteiger partial charge < -0.3 is 15.3 Å². The molecule has 0 saturated carbocycles. The van der Waals surface area contributed by atoms with Crippen LogP contribution in [0.3, 0.4) is 0 Å². The van der Waals surface area contributed by atoms with Gasteiger partial charge in [0.15, 0.2) is 0 Å².